The molecule has 2 amide bonds. The van der Waals surface area contributed by atoms with Crippen molar-refractivity contribution in [1.29, 1.82) is 0 Å². The Morgan fingerprint density at radius 1 is 1.03 bits per heavy atom. The molecule has 8 heteroatoms. The van der Waals surface area contributed by atoms with Crippen LogP contribution < -0.4 is 15.4 Å². The maximum atomic E-state index is 12.6. The SMILES string of the molecule is CC(=O)Nc1ccc(S(=O)(=O)N[C@@H](C)C(=O)NCC2(c3ccccc3)CCC2)cc1. The minimum absolute atomic E-state index is 0.0241. The second kappa shape index (κ2) is 8.97. The number of rotatable bonds is 8. The Bertz CT molecular complexity index is 1000. The van der Waals surface area contributed by atoms with Gasteiger partial charge in [0.2, 0.25) is 21.8 Å². The first-order chi connectivity index (χ1) is 14.2. The number of carbonyl (C=O) groups is 2. The number of anilines is 1. The van der Waals surface area contributed by atoms with Crippen molar-refractivity contribution in [1.82, 2.24) is 10.0 Å². The second-order valence-corrected chi connectivity index (χ2v) is 9.48. The van der Waals surface area contributed by atoms with E-state index in [9.17, 15) is 18.0 Å². The average molecular weight is 430 g/mol. The lowest BCUT2D eigenvalue weighted by Gasteiger charge is -2.42. The summed E-state index contributed by atoms with van der Waals surface area (Å²) in [6.45, 7) is 3.37. The summed E-state index contributed by atoms with van der Waals surface area (Å²) in [4.78, 5) is 23.7. The maximum absolute atomic E-state index is 12.6. The first-order valence-electron chi connectivity index (χ1n) is 9.95. The first kappa shape index (κ1) is 22.0. The van der Waals surface area contributed by atoms with Gasteiger partial charge in [0.05, 0.1) is 10.9 Å². The molecule has 1 saturated carbocycles. The van der Waals surface area contributed by atoms with Crippen LogP contribution in [0.3, 0.4) is 0 Å². The highest BCUT2D eigenvalue weighted by Gasteiger charge is 2.39. The van der Waals surface area contributed by atoms with Gasteiger partial charge in [-0.15, -0.1) is 0 Å². The van der Waals surface area contributed by atoms with Crippen LogP contribution in [0, 0.1) is 0 Å². The van der Waals surface area contributed by atoms with Gasteiger partial charge in [-0.2, -0.15) is 4.72 Å². The minimum atomic E-state index is -3.87. The van der Waals surface area contributed by atoms with Crippen molar-refractivity contribution in [3.63, 3.8) is 0 Å². The first-order valence-corrected chi connectivity index (χ1v) is 11.4. The van der Waals surface area contributed by atoms with Gasteiger partial charge < -0.3 is 10.6 Å². The highest BCUT2D eigenvalue weighted by atomic mass is 32.2. The number of hydrogen-bond acceptors (Lipinski definition) is 4. The molecule has 7 nitrogen and oxygen atoms in total. The molecule has 0 aliphatic heterocycles. The molecule has 1 fully saturated rings. The van der Waals surface area contributed by atoms with E-state index in [-0.39, 0.29) is 22.1 Å². The van der Waals surface area contributed by atoms with Crippen LogP contribution in [0.5, 0.6) is 0 Å². The topological polar surface area (TPSA) is 104 Å². The van der Waals surface area contributed by atoms with Crippen LogP contribution >= 0.6 is 0 Å². The molecule has 0 heterocycles. The Kier molecular flexibility index (Phi) is 6.58. The molecule has 3 N–H and O–H groups in total. The average Bonchev–Trinajstić information content (AvgIpc) is 2.67. The Morgan fingerprint density at radius 2 is 1.67 bits per heavy atom. The highest BCUT2D eigenvalue weighted by Crippen LogP contribution is 2.43. The van der Waals surface area contributed by atoms with Gasteiger partial charge in [0.1, 0.15) is 0 Å². The zero-order valence-electron chi connectivity index (χ0n) is 17.1. The third-order valence-corrected chi connectivity index (χ3v) is 7.06. The van der Waals surface area contributed by atoms with Crippen LogP contribution in [0.4, 0.5) is 5.69 Å². The van der Waals surface area contributed by atoms with Crippen LogP contribution in [0.15, 0.2) is 59.5 Å². The summed E-state index contributed by atoms with van der Waals surface area (Å²) in [7, 11) is -3.87. The molecule has 0 spiro atoms. The summed E-state index contributed by atoms with van der Waals surface area (Å²) in [5.41, 5.74) is 1.62. The van der Waals surface area contributed by atoms with Gasteiger partial charge in [-0.05, 0) is 49.6 Å². The van der Waals surface area contributed by atoms with Crippen molar-refractivity contribution in [3.8, 4) is 0 Å². The largest absolute Gasteiger partial charge is 0.354 e. The molecule has 0 unspecified atom stereocenters. The van der Waals surface area contributed by atoms with Crippen molar-refractivity contribution in [2.45, 2.75) is 49.5 Å². The highest BCUT2D eigenvalue weighted by molar-refractivity contribution is 7.89. The molecule has 0 aromatic heterocycles. The van der Waals surface area contributed by atoms with Crippen LogP contribution in [0.25, 0.3) is 0 Å². The molecule has 0 radical (unpaired) electrons. The fourth-order valence-corrected chi connectivity index (χ4v) is 4.85. The fraction of sp³-hybridized carbons (Fsp3) is 0.364. The third-order valence-electron chi connectivity index (χ3n) is 5.51. The lowest BCUT2D eigenvalue weighted by Crippen LogP contribution is -2.50. The minimum Gasteiger partial charge on any atom is -0.354 e. The molecular weight excluding hydrogens is 402 g/mol. The molecule has 1 aliphatic rings. The van der Waals surface area contributed by atoms with Gasteiger partial charge in [0, 0.05) is 24.6 Å². The van der Waals surface area contributed by atoms with Gasteiger partial charge >= 0.3 is 0 Å². The summed E-state index contributed by atoms with van der Waals surface area (Å²) < 4.78 is 27.6. The second-order valence-electron chi connectivity index (χ2n) is 7.77. The molecule has 160 valence electrons. The Balaban J connectivity index is 1.60. The van der Waals surface area contributed by atoms with E-state index in [0.717, 1.165) is 19.3 Å². The number of benzene rings is 2. The quantitative estimate of drug-likeness (QED) is 0.600. The molecule has 3 rings (SSSR count). The molecule has 2 aromatic carbocycles. The molecule has 30 heavy (non-hydrogen) atoms. The van der Waals surface area contributed by atoms with Gasteiger partial charge in [-0.3, -0.25) is 9.59 Å². The van der Waals surface area contributed by atoms with Crippen LogP contribution in [0.2, 0.25) is 0 Å². The van der Waals surface area contributed by atoms with Crippen LogP contribution in [-0.4, -0.2) is 32.8 Å². The Labute approximate surface area is 177 Å². The predicted molar refractivity (Wildman–Crippen MR) is 116 cm³/mol. The molecule has 1 aliphatic carbocycles. The van der Waals surface area contributed by atoms with E-state index in [1.807, 2.05) is 18.2 Å². The van der Waals surface area contributed by atoms with E-state index < -0.39 is 16.1 Å². The smallest absolute Gasteiger partial charge is 0.241 e. The zero-order valence-corrected chi connectivity index (χ0v) is 18.0. The molecular formula is C22H27N3O4S. The standard InChI is InChI=1S/C22H27N3O4S/c1-16(25-30(28,29)20-11-9-19(10-12-20)24-17(2)26)21(27)23-15-22(13-6-14-22)18-7-4-3-5-8-18/h3-5,7-12,16,25H,6,13-15H2,1-2H3,(H,23,27)(H,24,26)/t16-/m0/s1. The lowest BCUT2D eigenvalue weighted by atomic mass is 9.64. The van der Waals surface area contributed by atoms with Crippen LogP contribution in [-0.2, 0) is 25.0 Å². The third kappa shape index (κ3) is 5.06. The Hall–Kier alpha value is -2.71. The molecule has 0 bridgehead atoms. The summed E-state index contributed by atoms with van der Waals surface area (Å²) >= 11 is 0. The van der Waals surface area contributed by atoms with E-state index >= 15 is 0 Å². The van der Waals surface area contributed by atoms with Crippen molar-refractivity contribution < 1.29 is 18.0 Å². The van der Waals surface area contributed by atoms with E-state index in [1.165, 1.54) is 43.7 Å². The molecule has 2 aromatic rings. The Morgan fingerprint density at radius 3 is 2.20 bits per heavy atom. The van der Waals surface area contributed by atoms with Crippen molar-refractivity contribution >= 4 is 27.5 Å². The van der Waals surface area contributed by atoms with Crippen LogP contribution in [0.1, 0.15) is 38.7 Å². The summed E-state index contributed by atoms with van der Waals surface area (Å²) in [6.07, 6.45) is 3.11. The number of amides is 2. The predicted octanol–water partition coefficient (Wildman–Crippen LogP) is 2.55. The monoisotopic (exact) mass is 429 g/mol. The van der Waals surface area contributed by atoms with E-state index in [0.29, 0.717) is 12.2 Å². The summed E-state index contributed by atoms with van der Waals surface area (Å²) in [5.74, 6) is -0.607. The van der Waals surface area contributed by atoms with Crippen molar-refractivity contribution in [3.05, 3.63) is 60.2 Å². The maximum Gasteiger partial charge on any atom is 0.241 e. The normalized spacial score (nSPS) is 16.2. The zero-order chi connectivity index (χ0) is 21.8. The van der Waals surface area contributed by atoms with Gasteiger partial charge in [-0.25, -0.2) is 8.42 Å². The number of carbonyl (C=O) groups excluding carboxylic acids is 2. The van der Waals surface area contributed by atoms with Gasteiger partial charge in [0.15, 0.2) is 0 Å². The number of hydrogen-bond donors (Lipinski definition) is 3. The van der Waals surface area contributed by atoms with E-state index in [2.05, 4.69) is 27.5 Å². The number of nitrogens with one attached hydrogen (secondary N) is 3. The molecule has 1 atom stereocenters. The fourth-order valence-electron chi connectivity index (χ4n) is 3.65. The van der Waals surface area contributed by atoms with Gasteiger partial charge in [-0.1, -0.05) is 36.8 Å². The molecule has 0 saturated heterocycles. The lowest BCUT2D eigenvalue weighted by molar-refractivity contribution is -0.122. The number of sulfonamides is 1. The summed E-state index contributed by atoms with van der Waals surface area (Å²) in [6, 6.07) is 14.9. The van der Waals surface area contributed by atoms with E-state index in [4.69, 9.17) is 0 Å². The van der Waals surface area contributed by atoms with Crippen molar-refractivity contribution in [2.75, 3.05) is 11.9 Å². The summed E-state index contributed by atoms with van der Waals surface area (Å²) in [5, 5.41) is 5.49. The van der Waals surface area contributed by atoms with Gasteiger partial charge in [0.25, 0.3) is 0 Å². The van der Waals surface area contributed by atoms with E-state index in [1.54, 1.807) is 0 Å². The van der Waals surface area contributed by atoms with Crippen molar-refractivity contribution in [2.24, 2.45) is 0 Å².